The van der Waals surface area contributed by atoms with Gasteiger partial charge < -0.3 is 14.6 Å². The Labute approximate surface area is 122 Å². The summed E-state index contributed by atoms with van der Waals surface area (Å²) in [6, 6.07) is 9.14. The lowest BCUT2D eigenvalue weighted by atomic mass is 10.2. The zero-order valence-corrected chi connectivity index (χ0v) is 12.0. The van der Waals surface area contributed by atoms with Crippen LogP contribution < -0.4 is 9.47 Å². The van der Waals surface area contributed by atoms with Crippen LogP contribution in [0.5, 0.6) is 17.2 Å². The molecule has 0 unspecified atom stereocenters. The second-order valence-corrected chi connectivity index (χ2v) is 4.61. The highest BCUT2D eigenvalue weighted by molar-refractivity contribution is 9.10. The number of ether oxygens (including phenoxy) is 2. The van der Waals surface area contributed by atoms with Crippen molar-refractivity contribution in [1.29, 1.82) is 0 Å². The third kappa shape index (κ3) is 2.91. The van der Waals surface area contributed by atoms with Gasteiger partial charge in [-0.3, -0.25) is 0 Å². The molecule has 104 valence electrons. The van der Waals surface area contributed by atoms with Crippen molar-refractivity contribution in [2.24, 2.45) is 0 Å². The predicted octanol–water partition coefficient (Wildman–Crippen LogP) is 4.09. The molecule has 0 spiro atoms. The molecule has 0 aliphatic heterocycles. The van der Waals surface area contributed by atoms with Crippen molar-refractivity contribution in [2.45, 2.75) is 0 Å². The number of carboxylic acids is 1. The quantitative estimate of drug-likeness (QED) is 0.910. The second-order valence-electron chi connectivity index (χ2n) is 3.82. The van der Waals surface area contributed by atoms with Crippen molar-refractivity contribution >= 4 is 21.9 Å². The Bertz CT molecular complexity index is 640. The maximum Gasteiger partial charge on any atom is 0.336 e. The molecule has 0 saturated heterocycles. The van der Waals surface area contributed by atoms with Gasteiger partial charge in [-0.1, -0.05) is 0 Å². The molecule has 0 fully saturated rings. The van der Waals surface area contributed by atoms with Gasteiger partial charge in [0, 0.05) is 0 Å². The second kappa shape index (κ2) is 5.92. The van der Waals surface area contributed by atoms with Crippen molar-refractivity contribution < 1.29 is 23.8 Å². The third-order valence-electron chi connectivity index (χ3n) is 2.56. The van der Waals surface area contributed by atoms with Gasteiger partial charge in [-0.2, -0.15) is 0 Å². The van der Waals surface area contributed by atoms with Gasteiger partial charge in [0.2, 0.25) is 0 Å². The van der Waals surface area contributed by atoms with Crippen molar-refractivity contribution in [3.05, 3.63) is 52.3 Å². The summed E-state index contributed by atoms with van der Waals surface area (Å²) in [7, 11) is 1.54. The summed E-state index contributed by atoms with van der Waals surface area (Å²) < 4.78 is 24.2. The number of hydrogen-bond donors (Lipinski definition) is 1. The molecule has 20 heavy (non-hydrogen) atoms. The first-order chi connectivity index (χ1) is 9.52. The molecule has 2 rings (SSSR count). The first-order valence-electron chi connectivity index (χ1n) is 5.56. The minimum Gasteiger partial charge on any atom is -0.497 e. The number of hydrogen-bond acceptors (Lipinski definition) is 3. The summed E-state index contributed by atoms with van der Waals surface area (Å²) in [5.74, 6) is -0.973. The molecule has 2 aromatic rings. The molecular formula is C14H10BrFO4. The van der Waals surface area contributed by atoms with Crippen LogP contribution in [-0.4, -0.2) is 18.2 Å². The first kappa shape index (κ1) is 14.3. The molecule has 0 aliphatic carbocycles. The van der Waals surface area contributed by atoms with E-state index in [0.29, 0.717) is 11.5 Å². The molecule has 0 atom stereocenters. The summed E-state index contributed by atoms with van der Waals surface area (Å²) in [5, 5.41) is 8.88. The van der Waals surface area contributed by atoms with E-state index in [9.17, 15) is 9.18 Å². The minimum atomic E-state index is -1.22. The Morgan fingerprint density at radius 2 is 1.75 bits per heavy atom. The lowest BCUT2D eigenvalue weighted by Crippen LogP contribution is -2.00. The molecule has 2 aromatic carbocycles. The van der Waals surface area contributed by atoms with Gasteiger partial charge in [-0.25, -0.2) is 9.18 Å². The van der Waals surface area contributed by atoms with Crippen LogP contribution >= 0.6 is 15.9 Å². The summed E-state index contributed by atoms with van der Waals surface area (Å²) in [4.78, 5) is 10.9. The van der Waals surface area contributed by atoms with Gasteiger partial charge in [0.15, 0.2) is 11.6 Å². The van der Waals surface area contributed by atoms with Gasteiger partial charge >= 0.3 is 5.97 Å². The molecule has 1 N–H and O–H groups in total. The van der Waals surface area contributed by atoms with Gasteiger partial charge in [0.05, 0.1) is 17.1 Å². The molecule has 0 amide bonds. The first-order valence-corrected chi connectivity index (χ1v) is 6.35. The number of aromatic carboxylic acids is 1. The molecule has 0 radical (unpaired) electrons. The Morgan fingerprint density at radius 1 is 1.15 bits per heavy atom. The third-order valence-corrected chi connectivity index (χ3v) is 3.34. The molecule has 0 aromatic heterocycles. The van der Waals surface area contributed by atoms with Crippen molar-refractivity contribution in [3.8, 4) is 17.2 Å². The summed E-state index contributed by atoms with van der Waals surface area (Å²) in [6.45, 7) is 0. The molecule has 6 heteroatoms. The molecule has 0 saturated carbocycles. The van der Waals surface area contributed by atoms with E-state index < -0.39 is 11.8 Å². The summed E-state index contributed by atoms with van der Waals surface area (Å²) in [6.07, 6.45) is 0. The number of benzene rings is 2. The highest BCUT2D eigenvalue weighted by Crippen LogP contribution is 2.32. The van der Waals surface area contributed by atoms with E-state index in [0.717, 1.165) is 0 Å². The highest BCUT2D eigenvalue weighted by Gasteiger charge is 2.17. The maximum atomic E-state index is 14.0. The largest absolute Gasteiger partial charge is 0.497 e. The zero-order chi connectivity index (χ0) is 14.7. The van der Waals surface area contributed by atoms with Crippen LogP contribution in [0, 0.1) is 5.82 Å². The fraction of sp³-hybridized carbons (Fsp3) is 0.0714. The lowest BCUT2D eigenvalue weighted by Gasteiger charge is -2.09. The van der Waals surface area contributed by atoms with Crippen LogP contribution in [-0.2, 0) is 0 Å². The highest BCUT2D eigenvalue weighted by atomic mass is 79.9. The monoisotopic (exact) mass is 340 g/mol. The van der Waals surface area contributed by atoms with Gasteiger partial charge in [0.1, 0.15) is 11.5 Å². The van der Waals surface area contributed by atoms with Crippen LogP contribution in [0.2, 0.25) is 0 Å². The predicted molar refractivity (Wildman–Crippen MR) is 74.1 cm³/mol. The Balaban J connectivity index is 2.29. The summed E-state index contributed by atoms with van der Waals surface area (Å²) in [5.41, 5.74) is -0.162. The average molecular weight is 341 g/mol. The van der Waals surface area contributed by atoms with Crippen molar-refractivity contribution in [1.82, 2.24) is 0 Å². The number of rotatable bonds is 4. The minimum absolute atomic E-state index is 0.0629. The molecular weight excluding hydrogens is 331 g/mol. The van der Waals surface area contributed by atoms with E-state index in [1.54, 1.807) is 24.3 Å². The average Bonchev–Trinajstić information content (AvgIpc) is 2.44. The fourth-order valence-electron chi connectivity index (χ4n) is 1.55. The van der Waals surface area contributed by atoms with Crippen LogP contribution in [0.4, 0.5) is 4.39 Å². The van der Waals surface area contributed by atoms with Crippen molar-refractivity contribution in [2.75, 3.05) is 7.11 Å². The topological polar surface area (TPSA) is 55.8 Å². The van der Waals surface area contributed by atoms with Crippen LogP contribution in [0.15, 0.2) is 40.9 Å². The number of carbonyl (C=O) groups is 1. The smallest absolute Gasteiger partial charge is 0.336 e. The van der Waals surface area contributed by atoms with Crippen LogP contribution in [0.1, 0.15) is 10.4 Å². The van der Waals surface area contributed by atoms with Gasteiger partial charge in [0.25, 0.3) is 0 Å². The fourth-order valence-corrected chi connectivity index (χ4v) is 2.04. The standard InChI is InChI=1S/C14H10BrFO4/c1-19-8-2-4-9(5-3-8)20-11-7-6-10(14(17)18)12(15)13(11)16/h2-7H,1H3,(H,17,18). The van der Waals surface area contributed by atoms with E-state index in [1.165, 1.54) is 19.2 Å². The Kier molecular flexibility index (Phi) is 4.24. The summed E-state index contributed by atoms with van der Waals surface area (Å²) >= 11 is 2.91. The van der Waals surface area contributed by atoms with E-state index in [1.807, 2.05) is 0 Å². The van der Waals surface area contributed by atoms with Crippen molar-refractivity contribution in [3.63, 3.8) is 0 Å². The Morgan fingerprint density at radius 3 is 2.30 bits per heavy atom. The van der Waals surface area contributed by atoms with Crippen LogP contribution in [0.3, 0.4) is 0 Å². The molecule has 0 bridgehead atoms. The molecule has 0 heterocycles. The van der Waals surface area contributed by atoms with E-state index in [2.05, 4.69) is 15.9 Å². The normalized spacial score (nSPS) is 10.2. The van der Waals surface area contributed by atoms with Gasteiger partial charge in [-0.15, -0.1) is 0 Å². The maximum absolute atomic E-state index is 14.0. The Hall–Kier alpha value is -2.08. The van der Waals surface area contributed by atoms with E-state index >= 15 is 0 Å². The molecule has 4 nitrogen and oxygen atoms in total. The zero-order valence-electron chi connectivity index (χ0n) is 10.4. The van der Waals surface area contributed by atoms with Crippen LogP contribution in [0.25, 0.3) is 0 Å². The van der Waals surface area contributed by atoms with Gasteiger partial charge in [-0.05, 0) is 52.3 Å². The lowest BCUT2D eigenvalue weighted by molar-refractivity contribution is 0.0695. The van der Waals surface area contributed by atoms with E-state index in [4.69, 9.17) is 14.6 Å². The SMILES string of the molecule is COc1ccc(Oc2ccc(C(=O)O)c(Br)c2F)cc1. The number of halogens is 2. The van der Waals surface area contributed by atoms with E-state index in [-0.39, 0.29) is 15.8 Å². The number of methoxy groups -OCH3 is 1. The number of carboxylic acid groups (broad SMARTS) is 1. The molecule has 0 aliphatic rings.